The van der Waals surface area contributed by atoms with Gasteiger partial charge in [-0.1, -0.05) is 28.1 Å². The molecule has 106 valence electrons. The van der Waals surface area contributed by atoms with E-state index < -0.39 is 9.84 Å². The second kappa shape index (κ2) is 6.41. The number of hydrogen-bond acceptors (Lipinski definition) is 3. The van der Waals surface area contributed by atoms with E-state index >= 15 is 0 Å². The SMILES string of the molecule is COc1ccc(CCS(=O)(=O)c2ccc(Br)cc2)cc1. The Labute approximate surface area is 127 Å². The highest BCUT2D eigenvalue weighted by atomic mass is 79.9. The molecule has 0 saturated carbocycles. The highest BCUT2D eigenvalue weighted by Gasteiger charge is 2.14. The quantitative estimate of drug-likeness (QED) is 0.825. The molecule has 20 heavy (non-hydrogen) atoms. The number of sulfone groups is 1. The van der Waals surface area contributed by atoms with Crippen molar-refractivity contribution in [1.29, 1.82) is 0 Å². The summed E-state index contributed by atoms with van der Waals surface area (Å²) in [5, 5.41) is 0. The molecule has 0 N–H and O–H groups in total. The van der Waals surface area contributed by atoms with Crippen LogP contribution in [0.3, 0.4) is 0 Å². The molecule has 0 unspecified atom stereocenters. The van der Waals surface area contributed by atoms with Gasteiger partial charge in [-0.3, -0.25) is 0 Å². The van der Waals surface area contributed by atoms with Crippen molar-refractivity contribution in [2.75, 3.05) is 12.9 Å². The summed E-state index contributed by atoms with van der Waals surface area (Å²) in [6.07, 6.45) is 0.488. The van der Waals surface area contributed by atoms with Gasteiger partial charge in [0.25, 0.3) is 0 Å². The normalized spacial score (nSPS) is 11.3. The van der Waals surface area contributed by atoms with E-state index in [2.05, 4.69) is 15.9 Å². The first-order valence-corrected chi connectivity index (χ1v) is 8.57. The van der Waals surface area contributed by atoms with E-state index in [0.29, 0.717) is 11.3 Å². The molecule has 0 aliphatic heterocycles. The molecule has 0 amide bonds. The third kappa shape index (κ3) is 3.84. The molecule has 0 spiro atoms. The van der Waals surface area contributed by atoms with Crippen molar-refractivity contribution in [2.45, 2.75) is 11.3 Å². The van der Waals surface area contributed by atoms with Crippen LogP contribution in [0.4, 0.5) is 0 Å². The van der Waals surface area contributed by atoms with E-state index in [1.54, 1.807) is 31.4 Å². The summed E-state index contributed by atoms with van der Waals surface area (Å²) in [4.78, 5) is 0.356. The van der Waals surface area contributed by atoms with Crippen LogP contribution in [0.2, 0.25) is 0 Å². The molecule has 0 bridgehead atoms. The molecule has 5 heteroatoms. The summed E-state index contributed by atoms with van der Waals surface area (Å²) in [5.74, 6) is 0.866. The fourth-order valence-electron chi connectivity index (χ4n) is 1.80. The van der Waals surface area contributed by atoms with E-state index in [4.69, 9.17) is 4.74 Å². The second-order valence-corrected chi connectivity index (χ2v) is 7.40. The molecule has 0 atom stereocenters. The minimum atomic E-state index is -3.24. The predicted molar refractivity (Wildman–Crippen MR) is 82.9 cm³/mol. The fourth-order valence-corrected chi connectivity index (χ4v) is 3.36. The van der Waals surface area contributed by atoms with Crippen molar-refractivity contribution in [1.82, 2.24) is 0 Å². The number of ether oxygens (including phenoxy) is 1. The van der Waals surface area contributed by atoms with Gasteiger partial charge in [-0.05, 0) is 48.4 Å². The van der Waals surface area contributed by atoms with Gasteiger partial charge in [0.2, 0.25) is 0 Å². The first-order chi connectivity index (χ1) is 9.51. The Morgan fingerprint density at radius 1 is 1.00 bits per heavy atom. The lowest BCUT2D eigenvalue weighted by Crippen LogP contribution is -2.09. The first kappa shape index (κ1) is 15.1. The molecule has 0 aromatic heterocycles. The molecule has 0 saturated heterocycles. The Bertz CT molecular complexity index is 661. The van der Waals surface area contributed by atoms with E-state index in [-0.39, 0.29) is 5.75 Å². The van der Waals surface area contributed by atoms with Gasteiger partial charge in [0.05, 0.1) is 17.8 Å². The van der Waals surface area contributed by atoms with Crippen LogP contribution in [0.5, 0.6) is 5.75 Å². The number of benzene rings is 2. The van der Waals surface area contributed by atoms with E-state index in [0.717, 1.165) is 15.8 Å². The lowest BCUT2D eigenvalue weighted by molar-refractivity contribution is 0.414. The molecule has 0 aliphatic carbocycles. The predicted octanol–water partition coefficient (Wildman–Crippen LogP) is 3.47. The molecule has 2 aromatic carbocycles. The van der Waals surface area contributed by atoms with Crippen molar-refractivity contribution in [3.63, 3.8) is 0 Å². The van der Waals surface area contributed by atoms with Gasteiger partial charge in [0.1, 0.15) is 5.75 Å². The molecule has 0 radical (unpaired) electrons. The number of methoxy groups -OCH3 is 1. The summed E-state index contributed by atoms with van der Waals surface area (Å²) in [5.41, 5.74) is 0.978. The van der Waals surface area contributed by atoms with Gasteiger partial charge in [-0.15, -0.1) is 0 Å². The summed E-state index contributed by atoms with van der Waals surface area (Å²) in [6.45, 7) is 0. The van der Waals surface area contributed by atoms with Crippen LogP contribution >= 0.6 is 15.9 Å². The topological polar surface area (TPSA) is 43.4 Å². The van der Waals surface area contributed by atoms with Crippen LogP contribution in [0.15, 0.2) is 57.9 Å². The Kier molecular flexibility index (Phi) is 4.83. The van der Waals surface area contributed by atoms with Crippen molar-refractivity contribution in [3.8, 4) is 5.75 Å². The Morgan fingerprint density at radius 2 is 1.60 bits per heavy atom. The maximum absolute atomic E-state index is 12.2. The van der Waals surface area contributed by atoms with Crippen molar-refractivity contribution >= 4 is 25.8 Å². The van der Waals surface area contributed by atoms with Gasteiger partial charge in [0, 0.05) is 4.47 Å². The van der Waals surface area contributed by atoms with Gasteiger partial charge >= 0.3 is 0 Å². The largest absolute Gasteiger partial charge is 0.497 e. The summed E-state index contributed by atoms with van der Waals surface area (Å²) >= 11 is 3.29. The third-order valence-electron chi connectivity index (χ3n) is 2.99. The third-order valence-corrected chi connectivity index (χ3v) is 5.25. The number of halogens is 1. The van der Waals surface area contributed by atoms with Crippen molar-refractivity contribution in [3.05, 3.63) is 58.6 Å². The Hall–Kier alpha value is -1.33. The number of aryl methyl sites for hydroxylation is 1. The van der Waals surface area contributed by atoms with Crippen LogP contribution in [0.1, 0.15) is 5.56 Å². The summed E-state index contributed by atoms with van der Waals surface area (Å²) in [7, 11) is -1.64. The monoisotopic (exact) mass is 354 g/mol. The first-order valence-electron chi connectivity index (χ1n) is 6.12. The summed E-state index contributed by atoms with van der Waals surface area (Å²) in [6, 6.07) is 14.1. The smallest absolute Gasteiger partial charge is 0.178 e. The second-order valence-electron chi connectivity index (χ2n) is 4.37. The molecular weight excluding hydrogens is 340 g/mol. The Balaban J connectivity index is 2.06. The van der Waals surface area contributed by atoms with Gasteiger partial charge in [0.15, 0.2) is 9.84 Å². The minimum absolute atomic E-state index is 0.0982. The lowest BCUT2D eigenvalue weighted by Gasteiger charge is -2.06. The standard InChI is InChI=1S/C15H15BrO3S/c1-19-14-6-2-12(3-7-14)10-11-20(17,18)15-8-4-13(16)5-9-15/h2-9H,10-11H2,1H3. The lowest BCUT2D eigenvalue weighted by atomic mass is 10.2. The van der Waals surface area contributed by atoms with Crippen LogP contribution in [0, 0.1) is 0 Å². The van der Waals surface area contributed by atoms with Crippen molar-refractivity contribution in [2.24, 2.45) is 0 Å². The molecule has 3 nitrogen and oxygen atoms in total. The van der Waals surface area contributed by atoms with Crippen molar-refractivity contribution < 1.29 is 13.2 Å². The van der Waals surface area contributed by atoms with E-state index in [9.17, 15) is 8.42 Å². The zero-order valence-electron chi connectivity index (χ0n) is 11.0. The van der Waals surface area contributed by atoms with Gasteiger partial charge < -0.3 is 4.74 Å². The molecule has 2 rings (SSSR count). The number of rotatable bonds is 5. The average molecular weight is 355 g/mol. The molecule has 0 heterocycles. The van der Waals surface area contributed by atoms with Crippen LogP contribution in [-0.2, 0) is 16.3 Å². The highest BCUT2D eigenvalue weighted by Crippen LogP contribution is 2.18. The van der Waals surface area contributed by atoms with Gasteiger partial charge in [-0.2, -0.15) is 0 Å². The average Bonchev–Trinajstić information content (AvgIpc) is 2.46. The van der Waals surface area contributed by atoms with Crippen LogP contribution in [-0.4, -0.2) is 21.3 Å². The van der Waals surface area contributed by atoms with Crippen LogP contribution < -0.4 is 4.74 Å². The van der Waals surface area contributed by atoms with Crippen LogP contribution in [0.25, 0.3) is 0 Å². The zero-order chi connectivity index (χ0) is 14.6. The van der Waals surface area contributed by atoms with Gasteiger partial charge in [-0.25, -0.2) is 8.42 Å². The molecule has 0 aliphatic rings. The fraction of sp³-hybridized carbons (Fsp3) is 0.200. The number of hydrogen-bond donors (Lipinski definition) is 0. The Morgan fingerprint density at radius 3 is 2.15 bits per heavy atom. The highest BCUT2D eigenvalue weighted by molar-refractivity contribution is 9.10. The minimum Gasteiger partial charge on any atom is -0.497 e. The zero-order valence-corrected chi connectivity index (χ0v) is 13.4. The molecule has 2 aromatic rings. The summed E-state index contributed by atoms with van der Waals surface area (Å²) < 4.78 is 30.3. The maximum atomic E-state index is 12.2. The molecule has 0 fully saturated rings. The van der Waals surface area contributed by atoms with E-state index in [1.807, 2.05) is 24.3 Å². The molecular formula is C15H15BrO3S. The maximum Gasteiger partial charge on any atom is 0.178 e. The van der Waals surface area contributed by atoms with E-state index in [1.165, 1.54) is 0 Å².